The van der Waals surface area contributed by atoms with E-state index in [1.165, 1.54) is 12.1 Å². The van der Waals surface area contributed by atoms with E-state index in [0.29, 0.717) is 19.1 Å². The quantitative estimate of drug-likeness (QED) is 0.234. The molecule has 1 aromatic rings. The standard InChI is InChI=1S/C21H34FN5O.HI/c1-21(2,3)19(28)24-11-12-25-20(23-4)26-18-9-13-27(14-10-18)15-16-5-7-17(22)8-6-16;/h5-8,18H,9-15H2,1-4H3,(H,24,28)(H2,23,25,26);1H. The first-order valence-electron chi connectivity index (χ1n) is 10.00. The lowest BCUT2D eigenvalue weighted by atomic mass is 9.96. The van der Waals surface area contributed by atoms with Crippen LogP contribution in [0.3, 0.4) is 0 Å². The number of hydrogen-bond acceptors (Lipinski definition) is 3. The summed E-state index contributed by atoms with van der Waals surface area (Å²) >= 11 is 0. The Balaban J connectivity index is 0.00000420. The first-order chi connectivity index (χ1) is 13.3. The van der Waals surface area contributed by atoms with Crippen LogP contribution in [0.2, 0.25) is 0 Å². The van der Waals surface area contributed by atoms with E-state index in [9.17, 15) is 9.18 Å². The normalized spacial score (nSPS) is 16.1. The molecule has 0 aliphatic carbocycles. The Hall–Kier alpha value is -1.42. The highest BCUT2D eigenvalue weighted by Crippen LogP contribution is 2.14. The second-order valence-corrected chi connectivity index (χ2v) is 8.33. The van der Waals surface area contributed by atoms with E-state index in [0.717, 1.165) is 44.0 Å². The maximum atomic E-state index is 13.0. The number of carbonyl (C=O) groups is 1. The molecule has 29 heavy (non-hydrogen) atoms. The van der Waals surface area contributed by atoms with Gasteiger partial charge in [0, 0.05) is 51.2 Å². The molecule has 1 fully saturated rings. The van der Waals surface area contributed by atoms with Gasteiger partial charge in [0.15, 0.2) is 5.96 Å². The number of carbonyl (C=O) groups excluding carboxylic acids is 1. The van der Waals surface area contributed by atoms with Crippen LogP contribution in [-0.2, 0) is 11.3 Å². The number of nitrogens with one attached hydrogen (secondary N) is 3. The topological polar surface area (TPSA) is 68.8 Å². The summed E-state index contributed by atoms with van der Waals surface area (Å²) in [6.45, 7) is 9.74. The van der Waals surface area contributed by atoms with Crippen molar-refractivity contribution in [2.75, 3.05) is 33.2 Å². The molecule has 2 rings (SSSR count). The van der Waals surface area contributed by atoms with Gasteiger partial charge in [-0.3, -0.25) is 14.7 Å². The maximum absolute atomic E-state index is 13.0. The van der Waals surface area contributed by atoms with Crippen molar-refractivity contribution in [2.45, 2.75) is 46.2 Å². The van der Waals surface area contributed by atoms with Crippen molar-refractivity contribution in [3.8, 4) is 0 Å². The van der Waals surface area contributed by atoms with Gasteiger partial charge in [0.2, 0.25) is 5.91 Å². The molecule has 8 heteroatoms. The molecule has 0 radical (unpaired) electrons. The Morgan fingerprint density at radius 1 is 1.14 bits per heavy atom. The SMILES string of the molecule is CN=C(NCCNC(=O)C(C)(C)C)NC1CCN(Cc2ccc(F)cc2)CC1.I. The second kappa shape index (κ2) is 12.3. The Bertz CT molecular complexity index is 652. The number of likely N-dealkylation sites (tertiary alicyclic amines) is 1. The smallest absolute Gasteiger partial charge is 0.225 e. The summed E-state index contributed by atoms with van der Waals surface area (Å²) in [6, 6.07) is 7.11. The van der Waals surface area contributed by atoms with Crippen LogP contribution in [0.15, 0.2) is 29.3 Å². The first-order valence-corrected chi connectivity index (χ1v) is 10.00. The second-order valence-electron chi connectivity index (χ2n) is 8.33. The van der Waals surface area contributed by atoms with Gasteiger partial charge in [-0.05, 0) is 30.5 Å². The van der Waals surface area contributed by atoms with Crippen molar-refractivity contribution in [3.05, 3.63) is 35.6 Å². The minimum Gasteiger partial charge on any atom is -0.355 e. The monoisotopic (exact) mass is 519 g/mol. The van der Waals surface area contributed by atoms with E-state index in [-0.39, 0.29) is 41.1 Å². The third kappa shape index (κ3) is 9.29. The summed E-state index contributed by atoms with van der Waals surface area (Å²) in [5.41, 5.74) is 0.768. The molecule has 1 heterocycles. The Morgan fingerprint density at radius 2 is 1.72 bits per heavy atom. The molecule has 0 saturated carbocycles. The van der Waals surface area contributed by atoms with Crippen LogP contribution < -0.4 is 16.0 Å². The summed E-state index contributed by atoms with van der Waals surface area (Å²) in [4.78, 5) is 18.5. The van der Waals surface area contributed by atoms with E-state index in [2.05, 4.69) is 25.8 Å². The third-order valence-electron chi connectivity index (χ3n) is 4.86. The third-order valence-corrected chi connectivity index (χ3v) is 4.86. The van der Waals surface area contributed by atoms with Gasteiger partial charge in [-0.25, -0.2) is 4.39 Å². The van der Waals surface area contributed by atoms with E-state index >= 15 is 0 Å². The number of amides is 1. The number of aliphatic imine (C=N–C) groups is 1. The van der Waals surface area contributed by atoms with Gasteiger partial charge in [-0.15, -0.1) is 24.0 Å². The van der Waals surface area contributed by atoms with Crippen LogP contribution in [0.4, 0.5) is 4.39 Å². The molecule has 0 unspecified atom stereocenters. The molecule has 164 valence electrons. The lowest BCUT2D eigenvalue weighted by molar-refractivity contribution is -0.128. The molecular weight excluding hydrogens is 484 g/mol. The van der Waals surface area contributed by atoms with Gasteiger partial charge in [-0.1, -0.05) is 32.9 Å². The minimum atomic E-state index is -0.373. The summed E-state index contributed by atoms with van der Waals surface area (Å²) in [5, 5.41) is 9.64. The molecule has 1 aromatic carbocycles. The first kappa shape index (κ1) is 25.6. The van der Waals surface area contributed by atoms with E-state index < -0.39 is 0 Å². The van der Waals surface area contributed by atoms with Gasteiger partial charge in [-0.2, -0.15) is 0 Å². The summed E-state index contributed by atoms with van der Waals surface area (Å²) in [6.07, 6.45) is 2.06. The summed E-state index contributed by atoms with van der Waals surface area (Å²) in [7, 11) is 1.76. The van der Waals surface area contributed by atoms with Crippen molar-refractivity contribution in [1.82, 2.24) is 20.9 Å². The lowest BCUT2D eigenvalue weighted by Gasteiger charge is -2.33. The fraction of sp³-hybridized carbons (Fsp3) is 0.619. The largest absolute Gasteiger partial charge is 0.355 e. The number of benzene rings is 1. The van der Waals surface area contributed by atoms with Crippen LogP contribution in [-0.4, -0.2) is 56.0 Å². The highest BCUT2D eigenvalue weighted by Gasteiger charge is 2.21. The number of halogens is 2. The van der Waals surface area contributed by atoms with Gasteiger partial charge < -0.3 is 16.0 Å². The average molecular weight is 519 g/mol. The van der Waals surface area contributed by atoms with Crippen LogP contribution in [0.5, 0.6) is 0 Å². The van der Waals surface area contributed by atoms with E-state index in [1.807, 2.05) is 32.9 Å². The zero-order chi connectivity index (χ0) is 20.6. The Kier molecular flexibility index (Phi) is 10.9. The number of piperidine rings is 1. The molecule has 1 amide bonds. The van der Waals surface area contributed by atoms with Gasteiger partial charge in [0.05, 0.1) is 0 Å². The van der Waals surface area contributed by atoms with Crippen LogP contribution in [0.25, 0.3) is 0 Å². The molecule has 0 bridgehead atoms. The fourth-order valence-electron chi connectivity index (χ4n) is 3.09. The van der Waals surface area contributed by atoms with Crippen LogP contribution in [0.1, 0.15) is 39.2 Å². The predicted molar refractivity (Wildman–Crippen MR) is 127 cm³/mol. The lowest BCUT2D eigenvalue weighted by Crippen LogP contribution is -2.49. The maximum Gasteiger partial charge on any atom is 0.225 e. The number of rotatable bonds is 6. The van der Waals surface area contributed by atoms with Gasteiger partial charge in [0.1, 0.15) is 5.82 Å². The molecule has 1 saturated heterocycles. The summed E-state index contributed by atoms with van der Waals surface area (Å²) < 4.78 is 13.0. The van der Waals surface area contributed by atoms with Gasteiger partial charge in [0.25, 0.3) is 0 Å². The Morgan fingerprint density at radius 3 is 2.28 bits per heavy atom. The number of hydrogen-bond donors (Lipinski definition) is 3. The van der Waals surface area contributed by atoms with Crippen LogP contribution >= 0.6 is 24.0 Å². The average Bonchev–Trinajstić information content (AvgIpc) is 2.66. The van der Waals surface area contributed by atoms with E-state index in [4.69, 9.17) is 0 Å². The van der Waals surface area contributed by atoms with Crippen molar-refractivity contribution < 1.29 is 9.18 Å². The molecule has 0 aromatic heterocycles. The number of nitrogens with zero attached hydrogens (tertiary/aromatic N) is 2. The van der Waals surface area contributed by atoms with Crippen molar-refractivity contribution >= 4 is 35.8 Å². The highest BCUT2D eigenvalue weighted by atomic mass is 127. The zero-order valence-electron chi connectivity index (χ0n) is 17.9. The zero-order valence-corrected chi connectivity index (χ0v) is 20.3. The van der Waals surface area contributed by atoms with E-state index in [1.54, 1.807) is 7.05 Å². The minimum absolute atomic E-state index is 0. The predicted octanol–water partition coefficient (Wildman–Crippen LogP) is 2.74. The van der Waals surface area contributed by atoms with Crippen molar-refractivity contribution in [3.63, 3.8) is 0 Å². The van der Waals surface area contributed by atoms with Crippen molar-refractivity contribution in [1.29, 1.82) is 0 Å². The molecule has 0 spiro atoms. The summed E-state index contributed by atoms with van der Waals surface area (Å²) in [5.74, 6) is 0.622. The molecule has 1 aliphatic rings. The fourth-order valence-corrected chi connectivity index (χ4v) is 3.09. The van der Waals surface area contributed by atoms with Crippen molar-refractivity contribution in [2.24, 2.45) is 10.4 Å². The highest BCUT2D eigenvalue weighted by molar-refractivity contribution is 14.0. The molecular formula is C21H35FIN5O. The van der Waals surface area contributed by atoms with Gasteiger partial charge >= 0.3 is 0 Å². The molecule has 0 atom stereocenters. The van der Waals surface area contributed by atoms with Crippen LogP contribution in [0, 0.1) is 11.2 Å². The molecule has 6 nitrogen and oxygen atoms in total. The molecule has 3 N–H and O–H groups in total. The molecule has 1 aliphatic heterocycles. The number of guanidine groups is 1. The Labute approximate surface area is 191 Å².